The molecule has 1 N–H and O–H groups in total. The van der Waals surface area contributed by atoms with E-state index >= 15 is 0 Å². The zero-order valence-electron chi connectivity index (χ0n) is 16.4. The minimum absolute atomic E-state index is 0. The van der Waals surface area contributed by atoms with E-state index < -0.39 is 0 Å². The molecular formula is C21H31IN4S. The third kappa shape index (κ3) is 7.07. The van der Waals surface area contributed by atoms with Gasteiger partial charge >= 0.3 is 0 Å². The van der Waals surface area contributed by atoms with E-state index in [0.717, 1.165) is 55.2 Å². The lowest BCUT2D eigenvalue weighted by Gasteiger charge is -2.34. The van der Waals surface area contributed by atoms with Crippen LogP contribution in [0.2, 0.25) is 0 Å². The lowest BCUT2D eigenvalue weighted by Crippen LogP contribution is -2.46. The summed E-state index contributed by atoms with van der Waals surface area (Å²) in [6, 6.07) is 10.9. The van der Waals surface area contributed by atoms with Crippen LogP contribution in [0.1, 0.15) is 36.0 Å². The third-order valence-electron chi connectivity index (χ3n) is 4.91. The Morgan fingerprint density at radius 3 is 2.63 bits per heavy atom. The van der Waals surface area contributed by atoms with Crippen molar-refractivity contribution in [1.29, 1.82) is 0 Å². The SMILES string of the molecule is CCNC(=NCCc1csc(C)n1)N1CCC(Cc2ccccc2)CC1.I. The summed E-state index contributed by atoms with van der Waals surface area (Å²) < 4.78 is 0. The van der Waals surface area contributed by atoms with Gasteiger partial charge < -0.3 is 10.2 Å². The molecule has 1 aromatic heterocycles. The Morgan fingerprint density at radius 1 is 1.26 bits per heavy atom. The van der Waals surface area contributed by atoms with E-state index in [4.69, 9.17) is 4.99 Å². The van der Waals surface area contributed by atoms with Gasteiger partial charge in [-0.05, 0) is 44.6 Å². The summed E-state index contributed by atoms with van der Waals surface area (Å²) in [5, 5.41) is 6.75. The average molecular weight is 498 g/mol. The minimum Gasteiger partial charge on any atom is -0.357 e. The van der Waals surface area contributed by atoms with Crippen molar-refractivity contribution in [3.05, 3.63) is 52.0 Å². The molecule has 1 aromatic carbocycles. The molecular weight excluding hydrogens is 467 g/mol. The maximum absolute atomic E-state index is 4.85. The fourth-order valence-electron chi connectivity index (χ4n) is 3.52. The number of guanidine groups is 1. The highest BCUT2D eigenvalue weighted by Crippen LogP contribution is 2.21. The number of halogens is 1. The first-order valence-corrected chi connectivity index (χ1v) is 10.6. The van der Waals surface area contributed by atoms with Gasteiger partial charge in [0.05, 0.1) is 10.7 Å². The number of aliphatic imine (C=N–C) groups is 1. The van der Waals surface area contributed by atoms with Crippen LogP contribution in [-0.4, -0.2) is 42.0 Å². The van der Waals surface area contributed by atoms with E-state index in [1.807, 2.05) is 0 Å². The predicted molar refractivity (Wildman–Crippen MR) is 126 cm³/mol. The first-order valence-electron chi connectivity index (χ1n) is 9.72. The smallest absolute Gasteiger partial charge is 0.193 e. The summed E-state index contributed by atoms with van der Waals surface area (Å²) in [5.74, 6) is 1.85. The van der Waals surface area contributed by atoms with Crippen molar-refractivity contribution < 1.29 is 0 Å². The number of likely N-dealkylation sites (tertiary alicyclic amines) is 1. The monoisotopic (exact) mass is 498 g/mol. The van der Waals surface area contributed by atoms with Crippen LogP contribution in [0.4, 0.5) is 0 Å². The number of benzene rings is 1. The Balaban J connectivity index is 0.00000261. The van der Waals surface area contributed by atoms with Gasteiger partial charge in [0.15, 0.2) is 5.96 Å². The zero-order chi connectivity index (χ0) is 18.2. The molecule has 6 heteroatoms. The highest BCUT2D eigenvalue weighted by molar-refractivity contribution is 14.0. The molecule has 0 radical (unpaired) electrons. The van der Waals surface area contributed by atoms with Gasteiger partial charge in [-0.25, -0.2) is 4.98 Å². The van der Waals surface area contributed by atoms with Crippen LogP contribution in [0.25, 0.3) is 0 Å². The first-order chi connectivity index (χ1) is 12.7. The van der Waals surface area contributed by atoms with Gasteiger partial charge in [0.2, 0.25) is 0 Å². The second kappa shape index (κ2) is 11.6. The Labute approximate surface area is 184 Å². The van der Waals surface area contributed by atoms with E-state index in [1.165, 1.54) is 24.8 Å². The molecule has 0 aliphatic carbocycles. The molecule has 1 aliphatic rings. The van der Waals surface area contributed by atoms with Crippen molar-refractivity contribution in [2.45, 2.75) is 39.5 Å². The summed E-state index contributed by atoms with van der Waals surface area (Å²) >= 11 is 1.72. The van der Waals surface area contributed by atoms with Gasteiger partial charge in [-0.2, -0.15) is 0 Å². The molecule has 1 fully saturated rings. The highest BCUT2D eigenvalue weighted by Gasteiger charge is 2.21. The maximum Gasteiger partial charge on any atom is 0.193 e. The topological polar surface area (TPSA) is 40.5 Å². The summed E-state index contributed by atoms with van der Waals surface area (Å²) in [4.78, 5) is 11.8. The van der Waals surface area contributed by atoms with Gasteiger partial charge in [-0.1, -0.05) is 30.3 Å². The molecule has 1 aliphatic heterocycles. The van der Waals surface area contributed by atoms with Crippen LogP contribution in [0.15, 0.2) is 40.7 Å². The predicted octanol–water partition coefficient (Wildman–Crippen LogP) is 4.53. The molecule has 0 atom stereocenters. The van der Waals surface area contributed by atoms with Crippen LogP contribution in [0, 0.1) is 12.8 Å². The molecule has 4 nitrogen and oxygen atoms in total. The summed E-state index contributed by atoms with van der Waals surface area (Å²) in [7, 11) is 0. The molecule has 0 saturated carbocycles. The van der Waals surface area contributed by atoms with Crippen molar-refractivity contribution >= 4 is 41.3 Å². The fourth-order valence-corrected chi connectivity index (χ4v) is 4.17. The molecule has 2 heterocycles. The normalized spacial score (nSPS) is 15.5. The van der Waals surface area contributed by atoms with Crippen molar-refractivity contribution in [3.8, 4) is 0 Å². The largest absolute Gasteiger partial charge is 0.357 e. The number of hydrogen-bond donors (Lipinski definition) is 1. The number of aromatic nitrogens is 1. The highest BCUT2D eigenvalue weighted by atomic mass is 127. The van der Waals surface area contributed by atoms with Crippen LogP contribution < -0.4 is 5.32 Å². The molecule has 148 valence electrons. The lowest BCUT2D eigenvalue weighted by atomic mass is 9.90. The van der Waals surface area contributed by atoms with Gasteiger partial charge in [-0.15, -0.1) is 35.3 Å². The number of nitrogens with zero attached hydrogens (tertiary/aromatic N) is 3. The zero-order valence-corrected chi connectivity index (χ0v) is 19.5. The van der Waals surface area contributed by atoms with Crippen molar-refractivity contribution in [2.75, 3.05) is 26.2 Å². The van der Waals surface area contributed by atoms with Gasteiger partial charge in [0.25, 0.3) is 0 Å². The van der Waals surface area contributed by atoms with E-state index in [2.05, 4.69) is 64.8 Å². The quantitative estimate of drug-likeness (QED) is 0.362. The number of aryl methyl sites for hydroxylation is 1. The number of nitrogens with one attached hydrogen (secondary N) is 1. The number of thiazole rings is 1. The van der Waals surface area contributed by atoms with Crippen molar-refractivity contribution in [1.82, 2.24) is 15.2 Å². The van der Waals surface area contributed by atoms with Crippen LogP contribution >= 0.6 is 35.3 Å². The molecule has 0 unspecified atom stereocenters. The molecule has 0 bridgehead atoms. The van der Waals surface area contributed by atoms with Crippen LogP contribution in [0.5, 0.6) is 0 Å². The third-order valence-corrected chi connectivity index (χ3v) is 5.73. The molecule has 0 amide bonds. The van der Waals surface area contributed by atoms with Crippen molar-refractivity contribution in [2.24, 2.45) is 10.9 Å². The van der Waals surface area contributed by atoms with E-state index in [1.54, 1.807) is 11.3 Å². The summed E-state index contributed by atoms with van der Waals surface area (Å²) in [5.41, 5.74) is 2.62. The molecule has 3 rings (SSSR count). The van der Waals surface area contributed by atoms with Gasteiger partial charge in [-0.3, -0.25) is 4.99 Å². The number of hydrogen-bond acceptors (Lipinski definition) is 3. The minimum atomic E-state index is 0. The Hall–Kier alpha value is -1.15. The summed E-state index contributed by atoms with van der Waals surface area (Å²) in [6.07, 6.45) is 4.60. The summed E-state index contributed by atoms with van der Waals surface area (Å²) in [6.45, 7) is 8.11. The first kappa shape index (κ1) is 22.1. The lowest BCUT2D eigenvalue weighted by molar-refractivity contribution is 0.259. The Bertz CT molecular complexity index is 693. The van der Waals surface area contributed by atoms with E-state index in [-0.39, 0.29) is 24.0 Å². The second-order valence-corrected chi connectivity index (χ2v) is 8.03. The molecule has 0 spiro atoms. The van der Waals surface area contributed by atoms with Gasteiger partial charge in [0.1, 0.15) is 0 Å². The van der Waals surface area contributed by atoms with Crippen LogP contribution in [0.3, 0.4) is 0 Å². The van der Waals surface area contributed by atoms with Gasteiger partial charge in [0, 0.05) is 38.0 Å². The second-order valence-electron chi connectivity index (χ2n) is 6.96. The molecule has 2 aromatic rings. The molecule has 27 heavy (non-hydrogen) atoms. The number of piperidine rings is 1. The average Bonchev–Trinajstić information content (AvgIpc) is 3.08. The fraction of sp³-hybridized carbons (Fsp3) is 0.524. The number of rotatable bonds is 6. The van der Waals surface area contributed by atoms with E-state index in [0.29, 0.717) is 0 Å². The molecule has 1 saturated heterocycles. The maximum atomic E-state index is 4.85. The Morgan fingerprint density at radius 2 is 2.00 bits per heavy atom. The van der Waals surface area contributed by atoms with Crippen LogP contribution in [-0.2, 0) is 12.8 Å². The van der Waals surface area contributed by atoms with Crippen molar-refractivity contribution in [3.63, 3.8) is 0 Å². The van der Waals surface area contributed by atoms with E-state index in [9.17, 15) is 0 Å². The Kier molecular flexibility index (Phi) is 9.54. The standard InChI is InChI=1S/C21H30N4S.HI/c1-3-22-21(23-12-9-20-16-26-17(2)24-20)25-13-10-19(11-14-25)15-18-7-5-4-6-8-18;/h4-8,16,19H,3,9-15H2,1-2H3,(H,22,23);1H.